The van der Waals surface area contributed by atoms with Crippen LogP contribution >= 0.6 is 35.0 Å². The number of carbonyl (C=O) groups is 1. The third kappa shape index (κ3) is 4.90. The number of carbonyl (C=O) groups excluding carboxylic acids is 1. The molecule has 2 heterocycles. The highest BCUT2D eigenvalue weighted by molar-refractivity contribution is 7.99. The highest BCUT2D eigenvalue weighted by atomic mass is 35.5. The zero-order valence-corrected chi connectivity index (χ0v) is 18.0. The molecule has 160 valence electrons. The predicted molar refractivity (Wildman–Crippen MR) is 109 cm³/mol. The summed E-state index contributed by atoms with van der Waals surface area (Å²) in [6, 6.07) is 5.60. The van der Waals surface area contributed by atoms with E-state index >= 15 is 0 Å². The molecule has 7 nitrogen and oxygen atoms in total. The fraction of sp³-hybridized carbons (Fsp3) is 0.294. The second-order valence-electron chi connectivity index (χ2n) is 6.05. The number of hydrogen-bond acceptors (Lipinski definition) is 5. The van der Waals surface area contributed by atoms with Crippen molar-refractivity contribution in [1.82, 2.24) is 24.5 Å². The Morgan fingerprint density at radius 3 is 2.60 bits per heavy atom. The van der Waals surface area contributed by atoms with E-state index in [4.69, 9.17) is 23.2 Å². The maximum atomic E-state index is 13.0. The van der Waals surface area contributed by atoms with Gasteiger partial charge < -0.3 is 9.88 Å². The Morgan fingerprint density at radius 2 is 1.97 bits per heavy atom. The van der Waals surface area contributed by atoms with E-state index in [1.807, 2.05) is 0 Å². The van der Waals surface area contributed by atoms with Crippen molar-refractivity contribution in [2.24, 2.45) is 7.05 Å². The fourth-order valence-electron chi connectivity index (χ4n) is 2.62. The first-order chi connectivity index (χ1) is 14.1. The first-order valence-corrected chi connectivity index (χ1v) is 10.3. The Balaban J connectivity index is 1.75. The number of nitrogens with one attached hydrogen (secondary N) is 1. The van der Waals surface area contributed by atoms with Gasteiger partial charge in [-0.2, -0.15) is 18.3 Å². The quantitative estimate of drug-likeness (QED) is 0.517. The van der Waals surface area contributed by atoms with Crippen LogP contribution in [-0.4, -0.2) is 36.2 Å². The molecule has 13 heteroatoms. The average Bonchev–Trinajstić information content (AvgIpc) is 3.25. The van der Waals surface area contributed by atoms with E-state index in [0.717, 1.165) is 22.5 Å². The van der Waals surface area contributed by atoms with Gasteiger partial charge in [-0.25, -0.2) is 0 Å². The van der Waals surface area contributed by atoms with Crippen LogP contribution in [0.3, 0.4) is 0 Å². The Bertz CT molecular complexity index is 1080. The predicted octanol–water partition coefficient (Wildman–Crippen LogP) is 4.75. The van der Waals surface area contributed by atoms with E-state index < -0.39 is 11.9 Å². The first-order valence-electron chi connectivity index (χ1n) is 8.52. The van der Waals surface area contributed by atoms with E-state index in [1.165, 1.54) is 13.1 Å². The van der Waals surface area contributed by atoms with Crippen LogP contribution in [0.4, 0.5) is 18.9 Å². The third-order valence-electron chi connectivity index (χ3n) is 3.97. The molecule has 1 aromatic carbocycles. The Kier molecular flexibility index (Phi) is 6.63. The van der Waals surface area contributed by atoms with Gasteiger partial charge in [0.15, 0.2) is 11.0 Å². The summed E-state index contributed by atoms with van der Waals surface area (Å²) in [5.74, 6) is -0.185. The van der Waals surface area contributed by atoms with Crippen LogP contribution in [0.2, 0.25) is 10.0 Å². The van der Waals surface area contributed by atoms with Gasteiger partial charge in [-0.1, -0.05) is 35.0 Å². The molecule has 0 aliphatic carbocycles. The van der Waals surface area contributed by atoms with Crippen molar-refractivity contribution in [3.05, 3.63) is 40.0 Å². The Hall–Kier alpha value is -2.24. The molecule has 0 unspecified atom stereocenters. The molecule has 0 saturated carbocycles. The topological polar surface area (TPSA) is 77.6 Å². The number of rotatable bonds is 6. The molecule has 1 amide bonds. The minimum Gasteiger partial charge on any atom is -0.324 e. The number of halogens is 5. The lowest BCUT2D eigenvalue weighted by atomic mass is 10.3. The molecule has 0 saturated heterocycles. The zero-order chi connectivity index (χ0) is 22.1. The highest BCUT2D eigenvalue weighted by Crippen LogP contribution is 2.32. The van der Waals surface area contributed by atoms with Crippen molar-refractivity contribution in [2.75, 3.05) is 11.1 Å². The van der Waals surface area contributed by atoms with E-state index in [-0.39, 0.29) is 23.2 Å². The molecular weight excluding hydrogens is 464 g/mol. The van der Waals surface area contributed by atoms with Crippen LogP contribution in [0.5, 0.6) is 0 Å². The molecule has 0 atom stereocenters. The second-order valence-corrected chi connectivity index (χ2v) is 7.83. The van der Waals surface area contributed by atoms with Crippen molar-refractivity contribution < 1.29 is 18.0 Å². The standard InChI is InChI=1S/C17H15Cl2F3N6OS/c1-3-28-15(12-7-13(17(20,21)22)27(2)26-12)24-25-16(28)30-8-14(29)23-11-6-9(18)4-5-10(11)19/h4-7H,3,8H2,1-2H3,(H,23,29). The Labute approximate surface area is 183 Å². The fourth-order valence-corrected chi connectivity index (χ4v) is 3.76. The molecule has 3 aromatic rings. The molecule has 30 heavy (non-hydrogen) atoms. The van der Waals surface area contributed by atoms with Gasteiger partial charge in [-0.05, 0) is 31.2 Å². The van der Waals surface area contributed by atoms with E-state index in [2.05, 4.69) is 20.6 Å². The van der Waals surface area contributed by atoms with Crippen LogP contribution in [0.1, 0.15) is 12.6 Å². The molecule has 1 N–H and O–H groups in total. The Morgan fingerprint density at radius 1 is 1.23 bits per heavy atom. The molecule has 0 aliphatic heterocycles. The SMILES string of the molecule is CCn1c(SCC(=O)Nc2cc(Cl)ccc2Cl)nnc1-c1cc(C(F)(F)F)n(C)n1. The van der Waals surface area contributed by atoms with Crippen molar-refractivity contribution in [2.45, 2.75) is 24.8 Å². The van der Waals surface area contributed by atoms with Gasteiger partial charge in [0, 0.05) is 18.6 Å². The summed E-state index contributed by atoms with van der Waals surface area (Å²) in [5.41, 5.74) is -0.475. The largest absolute Gasteiger partial charge is 0.433 e. The van der Waals surface area contributed by atoms with Crippen molar-refractivity contribution in [3.63, 3.8) is 0 Å². The number of aryl methyl sites for hydroxylation is 1. The number of amides is 1. The number of anilines is 1. The maximum Gasteiger partial charge on any atom is 0.433 e. The molecule has 0 aliphatic rings. The van der Waals surface area contributed by atoms with Crippen LogP contribution in [-0.2, 0) is 24.6 Å². The highest BCUT2D eigenvalue weighted by Gasteiger charge is 2.35. The van der Waals surface area contributed by atoms with Gasteiger partial charge in [-0.15, -0.1) is 10.2 Å². The summed E-state index contributed by atoms with van der Waals surface area (Å²) in [6.07, 6.45) is -4.53. The van der Waals surface area contributed by atoms with Gasteiger partial charge in [0.2, 0.25) is 5.91 Å². The lowest BCUT2D eigenvalue weighted by Crippen LogP contribution is -2.15. The number of hydrogen-bond donors (Lipinski definition) is 1. The van der Waals surface area contributed by atoms with Crippen LogP contribution < -0.4 is 5.32 Å². The molecule has 0 spiro atoms. The van der Waals surface area contributed by atoms with E-state index in [0.29, 0.717) is 27.4 Å². The summed E-state index contributed by atoms with van der Waals surface area (Å²) in [6.45, 7) is 2.17. The van der Waals surface area contributed by atoms with Crippen molar-refractivity contribution in [1.29, 1.82) is 0 Å². The van der Waals surface area contributed by atoms with Gasteiger partial charge >= 0.3 is 6.18 Å². The minimum absolute atomic E-state index is 0.0169. The lowest BCUT2D eigenvalue weighted by Gasteiger charge is -2.08. The van der Waals surface area contributed by atoms with Crippen molar-refractivity contribution >= 4 is 46.6 Å². The van der Waals surface area contributed by atoms with Gasteiger partial charge in [-0.3, -0.25) is 9.48 Å². The van der Waals surface area contributed by atoms with Gasteiger partial charge in [0.1, 0.15) is 11.4 Å². The third-order valence-corrected chi connectivity index (χ3v) is 5.50. The summed E-state index contributed by atoms with van der Waals surface area (Å²) < 4.78 is 41.5. The van der Waals surface area contributed by atoms with Crippen LogP contribution in [0.25, 0.3) is 11.5 Å². The summed E-state index contributed by atoms with van der Waals surface area (Å²) in [7, 11) is 1.21. The normalized spacial score (nSPS) is 11.7. The molecule has 0 bridgehead atoms. The van der Waals surface area contributed by atoms with E-state index in [1.54, 1.807) is 23.6 Å². The zero-order valence-electron chi connectivity index (χ0n) is 15.7. The number of thioether (sulfide) groups is 1. The summed E-state index contributed by atoms with van der Waals surface area (Å²) in [4.78, 5) is 12.3. The lowest BCUT2D eigenvalue weighted by molar-refractivity contribution is -0.143. The van der Waals surface area contributed by atoms with Crippen LogP contribution in [0.15, 0.2) is 29.4 Å². The molecular formula is C17H15Cl2F3N6OS. The van der Waals surface area contributed by atoms with Gasteiger partial charge in [0.05, 0.1) is 16.5 Å². The molecule has 0 fully saturated rings. The minimum atomic E-state index is -4.53. The smallest absolute Gasteiger partial charge is 0.324 e. The van der Waals surface area contributed by atoms with Crippen molar-refractivity contribution in [3.8, 4) is 11.5 Å². The van der Waals surface area contributed by atoms with E-state index in [9.17, 15) is 18.0 Å². The number of nitrogens with zero attached hydrogens (tertiary/aromatic N) is 5. The first kappa shape index (κ1) is 22.4. The van der Waals surface area contributed by atoms with Crippen LogP contribution in [0, 0.1) is 0 Å². The molecule has 3 rings (SSSR count). The summed E-state index contributed by atoms with van der Waals surface area (Å²) >= 11 is 13.0. The monoisotopic (exact) mass is 478 g/mol. The molecule has 0 radical (unpaired) electrons. The number of benzene rings is 1. The van der Waals surface area contributed by atoms with Gasteiger partial charge in [0.25, 0.3) is 0 Å². The second kappa shape index (κ2) is 8.86. The average molecular weight is 479 g/mol. The summed E-state index contributed by atoms with van der Waals surface area (Å²) in [5, 5.41) is 15.6. The number of alkyl halides is 3. The molecule has 2 aromatic heterocycles. The maximum absolute atomic E-state index is 13.0. The number of aromatic nitrogens is 5.